The van der Waals surface area contributed by atoms with Crippen LogP contribution in [0.2, 0.25) is 0 Å². The third-order valence-corrected chi connectivity index (χ3v) is 4.18. The van der Waals surface area contributed by atoms with E-state index >= 15 is 0 Å². The minimum atomic E-state index is -0.0664. The Labute approximate surface area is 105 Å². The maximum atomic E-state index is 9.92. The molecule has 0 unspecified atom stereocenters. The molecule has 4 nitrogen and oxygen atoms in total. The second-order valence-corrected chi connectivity index (χ2v) is 5.75. The van der Waals surface area contributed by atoms with E-state index in [0.717, 1.165) is 39.1 Å². The van der Waals surface area contributed by atoms with Crippen LogP contribution in [0.25, 0.3) is 0 Å². The van der Waals surface area contributed by atoms with Crippen molar-refractivity contribution < 1.29 is 5.11 Å². The predicted octanol–water partition coefficient (Wildman–Crippen LogP) is 0.0790. The van der Waals surface area contributed by atoms with E-state index in [2.05, 4.69) is 28.8 Å². The van der Waals surface area contributed by atoms with Gasteiger partial charge in [-0.2, -0.15) is 0 Å². The number of aliphatic hydroxyl groups excluding tert-OH is 1. The molecule has 100 valence electrons. The van der Waals surface area contributed by atoms with Crippen LogP contribution in [0.1, 0.15) is 19.3 Å². The molecule has 0 aromatic carbocycles. The lowest BCUT2D eigenvalue weighted by atomic mass is 10.1. The zero-order chi connectivity index (χ0) is 12.3. The normalized spacial score (nSPS) is 32.5. The number of aliphatic hydroxyl groups is 1. The van der Waals surface area contributed by atoms with Crippen molar-refractivity contribution >= 4 is 0 Å². The van der Waals surface area contributed by atoms with Gasteiger partial charge in [-0.1, -0.05) is 0 Å². The minimum absolute atomic E-state index is 0.0664. The molecule has 17 heavy (non-hydrogen) atoms. The van der Waals surface area contributed by atoms with Gasteiger partial charge in [0.15, 0.2) is 0 Å². The van der Waals surface area contributed by atoms with Gasteiger partial charge in [0.05, 0.1) is 6.10 Å². The molecule has 1 aliphatic heterocycles. The Kier molecular flexibility index (Phi) is 4.79. The maximum absolute atomic E-state index is 9.92. The number of nitrogens with zero attached hydrogens (tertiary/aromatic N) is 3. The Morgan fingerprint density at radius 1 is 1.12 bits per heavy atom. The molecule has 2 fully saturated rings. The van der Waals surface area contributed by atoms with Crippen molar-refractivity contribution in [3.63, 3.8) is 0 Å². The quantitative estimate of drug-likeness (QED) is 0.755. The van der Waals surface area contributed by atoms with Crippen LogP contribution in [0.4, 0.5) is 0 Å². The van der Waals surface area contributed by atoms with E-state index in [1.54, 1.807) is 0 Å². The Hall–Kier alpha value is -0.160. The largest absolute Gasteiger partial charge is 0.391 e. The summed E-state index contributed by atoms with van der Waals surface area (Å²) in [5.41, 5.74) is 0. The topological polar surface area (TPSA) is 30.0 Å². The van der Waals surface area contributed by atoms with Crippen LogP contribution in [-0.2, 0) is 0 Å². The van der Waals surface area contributed by atoms with Gasteiger partial charge in [0.1, 0.15) is 0 Å². The van der Waals surface area contributed by atoms with E-state index in [0.29, 0.717) is 6.04 Å². The lowest BCUT2D eigenvalue weighted by Gasteiger charge is -2.39. The number of hydrogen-bond donors (Lipinski definition) is 1. The van der Waals surface area contributed by atoms with Crippen molar-refractivity contribution in [2.45, 2.75) is 31.4 Å². The molecule has 0 spiro atoms. The fraction of sp³-hybridized carbons (Fsp3) is 1.00. The van der Waals surface area contributed by atoms with Crippen LogP contribution in [0.15, 0.2) is 0 Å². The van der Waals surface area contributed by atoms with E-state index < -0.39 is 0 Å². The summed E-state index contributed by atoms with van der Waals surface area (Å²) in [4.78, 5) is 7.29. The van der Waals surface area contributed by atoms with Gasteiger partial charge < -0.3 is 10.0 Å². The van der Waals surface area contributed by atoms with Gasteiger partial charge in [-0.05, 0) is 33.4 Å². The van der Waals surface area contributed by atoms with Crippen molar-refractivity contribution in [2.24, 2.45) is 0 Å². The summed E-state index contributed by atoms with van der Waals surface area (Å²) >= 11 is 0. The van der Waals surface area contributed by atoms with Gasteiger partial charge >= 0.3 is 0 Å². The van der Waals surface area contributed by atoms with Crippen LogP contribution < -0.4 is 0 Å². The molecule has 1 saturated heterocycles. The zero-order valence-electron chi connectivity index (χ0n) is 11.3. The molecule has 2 aliphatic rings. The summed E-state index contributed by atoms with van der Waals surface area (Å²) in [7, 11) is 4.26. The highest BCUT2D eigenvalue weighted by atomic mass is 16.3. The monoisotopic (exact) mass is 241 g/mol. The van der Waals surface area contributed by atoms with Crippen molar-refractivity contribution in [3.8, 4) is 0 Å². The Bertz CT molecular complexity index is 227. The third kappa shape index (κ3) is 3.65. The molecule has 0 aromatic heterocycles. The van der Waals surface area contributed by atoms with Gasteiger partial charge in [0, 0.05) is 45.3 Å². The lowest BCUT2D eigenvalue weighted by molar-refractivity contribution is 0.0342. The van der Waals surface area contributed by atoms with Crippen LogP contribution >= 0.6 is 0 Å². The minimum Gasteiger partial charge on any atom is -0.391 e. The van der Waals surface area contributed by atoms with E-state index in [9.17, 15) is 5.11 Å². The molecule has 1 N–H and O–H groups in total. The number of rotatable bonds is 4. The van der Waals surface area contributed by atoms with Gasteiger partial charge in [-0.25, -0.2) is 0 Å². The molecule has 1 saturated carbocycles. The van der Waals surface area contributed by atoms with Crippen LogP contribution in [-0.4, -0.2) is 85.3 Å². The first kappa shape index (κ1) is 13.3. The number of piperazine rings is 1. The number of hydrogen-bond acceptors (Lipinski definition) is 4. The van der Waals surface area contributed by atoms with E-state index in [1.165, 1.54) is 19.4 Å². The average molecular weight is 241 g/mol. The van der Waals surface area contributed by atoms with E-state index in [4.69, 9.17) is 0 Å². The molecule has 0 aromatic rings. The van der Waals surface area contributed by atoms with E-state index in [1.807, 2.05) is 0 Å². The summed E-state index contributed by atoms with van der Waals surface area (Å²) < 4.78 is 0. The van der Waals surface area contributed by atoms with Crippen molar-refractivity contribution in [1.29, 1.82) is 0 Å². The molecule has 1 aliphatic carbocycles. The van der Waals surface area contributed by atoms with Gasteiger partial charge in [0.25, 0.3) is 0 Å². The molecule has 0 radical (unpaired) electrons. The first-order valence-corrected chi connectivity index (χ1v) is 6.96. The molecule has 0 bridgehead atoms. The number of likely N-dealkylation sites (N-methyl/N-ethyl adjacent to an activating group) is 1. The molecule has 2 rings (SSSR count). The highest BCUT2D eigenvalue weighted by molar-refractivity contribution is 4.87. The zero-order valence-corrected chi connectivity index (χ0v) is 11.3. The Morgan fingerprint density at radius 3 is 2.35 bits per heavy atom. The predicted molar refractivity (Wildman–Crippen MR) is 70.2 cm³/mol. The molecular formula is C13H27N3O. The highest BCUT2D eigenvalue weighted by Gasteiger charge is 2.32. The van der Waals surface area contributed by atoms with Crippen molar-refractivity contribution in [1.82, 2.24) is 14.7 Å². The van der Waals surface area contributed by atoms with Gasteiger partial charge in [-0.3, -0.25) is 9.80 Å². The SMILES string of the molecule is CN(C)CCN1CCN([C@@H]2CCC[C@H]2O)CC1. The molecular weight excluding hydrogens is 214 g/mol. The van der Waals surface area contributed by atoms with E-state index in [-0.39, 0.29) is 6.10 Å². The Balaban J connectivity index is 1.70. The molecule has 1 heterocycles. The second kappa shape index (κ2) is 6.14. The maximum Gasteiger partial charge on any atom is 0.0695 e. The molecule has 4 heteroatoms. The van der Waals surface area contributed by atoms with Crippen LogP contribution in [0.3, 0.4) is 0 Å². The summed E-state index contributed by atoms with van der Waals surface area (Å²) in [6.07, 6.45) is 3.33. The summed E-state index contributed by atoms with van der Waals surface area (Å²) in [5, 5.41) is 9.92. The smallest absolute Gasteiger partial charge is 0.0695 e. The Morgan fingerprint density at radius 2 is 1.82 bits per heavy atom. The third-order valence-electron chi connectivity index (χ3n) is 4.18. The first-order chi connectivity index (χ1) is 8.16. The molecule has 0 amide bonds. The van der Waals surface area contributed by atoms with Crippen LogP contribution in [0.5, 0.6) is 0 Å². The molecule has 2 atom stereocenters. The van der Waals surface area contributed by atoms with Gasteiger partial charge in [0.2, 0.25) is 0 Å². The first-order valence-electron chi connectivity index (χ1n) is 6.96. The average Bonchev–Trinajstić information content (AvgIpc) is 2.73. The second-order valence-electron chi connectivity index (χ2n) is 5.75. The van der Waals surface area contributed by atoms with Crippen LogP contribution in [0, 0.1) is 0 Å². The fourth-order valence-electron chi connectivity index (χ4n) is 3.01. The fourth-order valence-corrected chi connectivity index (χ4v) is 3.01. The summed E-state index contributed by atoms with van der Waals surface area (Å²) in [6, 6.07) is 0.450. The highest BCUT2D eigenvalue weighted by Crippen LogP contribution is 2.24. The lowest BCUT2D eigenvalue weighted by Crippen LogP contribution is -2.53. The van der Waals surface area contributed by atoms with Crippen molar-refractivity contribution in [2.75, 3.05) is 53.4 Å². The van der Waals surface area contributed by atoms with Crippen molar-refractivity contribution in [3.05, 3.63) is 0 Å². The standard InChI is InChI=1S/C13H27N3O/c1-14(2)6-7-15-8-10-16(11-9-15)12-4-3-5-13(12)17/h12-13,17H,3-11H2,1-2H3/t12-,13-/m1/s1. The summed E-state index contributed by atoms with van der Waals surface area (Å²) in [5.74, 6) is 0. The summed E-state index contributed by atoms with van der Waals surface area (Å²) in [6.45, 7) is 6.92. The van der Waals surface area contributed by atoms with Gasteiger partial charge in [-0.15, -0.1) is 0 Å².